The SMILES string of the molecule is COc1ccc(CN(CCN(C)C)C(=S)NC2CCCCCCC2)cc1. The standard InChI is InChI=1S/C21H35N3OS/c1-23(2)15-16-24(17-18-11-13-20(25-3)14-12-18)21(26)22-19-9-7-5-4-6-8-10-19/h11-14,19H,4-10,15-17H2,1-3H3,(H,22,26). The van der Waals surface area contributed by atoms with Gasteiger partial charge < -0.3 is 19.9 Å². The Hall–Kier alpha value is -1.33. The fourth-order valence-corrected chi connectivity index (χ4v) is 3.71. The van der Waals surface area contributed by atoms with Gasteiger partial charge in [0.05, 0.1) is 7.11 Å². The smallest absolute Gasteiger partial charge is 0.169 e. The van der Waals surface area contributed by atoms with Crippen LogP contribution in [0.2, 0.25) is 0 Å². The average Bonchev–Trinajstić information content (AvgIpc) is 2.61. The van der Waals surface area contributed by atoms with Crippen molar-refractivity contribution in [1.29, 1.82) is 0 Å². The van der Waals surface area contributed by atoms with Crippen molar-refractivity contribution >= 4 is 17.3 Å². The Morgan fingerprint density at radius 3 is 2.23 bits per heavy atom. The van der Waals surface area contributed by atoms with E-state index in [0.29, 0.717) is 6.04 Å². The van der Waals surface area contributed by atoms with Gasteiger partial charge in [0.15, 0.2) is 5.11 Å². The maximum Gasteiger partial charge on any atom is 0.169 e. The summed E-state index contributed by atoms with van der Waals surface area (Å²) in [6.45, 7) is 2.75. The van der Waals surface area contributed by atoms with Crippen LogP contribution < -0.4 is 10.1 Å². The molecule has 1 aromatic rings. The van der Waals surface area contributed by atoms with Gasteiger partial charge in [0.25, 0.3) is 0 Å². The number of ether oxygens (including phenoxy) is 1. The van der Waals surface area contributed by atoms with Crippen molar-refractivity contribution in [2.24, 2.45) is 0 Å². The Bertz CT molecular complexity index is 525. The van der Waals surface area contributed by atoms with E-state index in [1.54, 1.807) is 7.11 Å². The van der Waals surface area contributed by atoms with Crippen molar-refractivity contribution in [2.75, 3.05) is 34.3 Å². The van der Waals surface area contributed by atoms with Crippen molar-refractivity contribution in [2.45, 2.75) is 57.5 Å². The van der Waals surface area contributed by atoms with Crippen LogP contribution in [-0.2, 0) is 6.54 Å². The number of likely N-dealkylation sites (N-methyl/N-ethyl adjacent to an activating group) is 1. The quantitative estimate of drug-likeness (QED) is 0.724. The lowest BCUT2D eigenvalue weighted by atomic mass is 9.97. The molecule has 0 atom stereocenters. The van der Waals surface area contributed by atoms with Crippen LogP contribution in [0.15, 0.2) is 24.3 Å². The maximum atomic E-state index is 5.81. The molecule has 2 rings (SSSR count). The number of methoxy groups -OCH3 is 1. The van der Waals surface area contributed by atoms with E-state index >= 15 is 0 Å². The molecule has 0 aliphatic heterocycles. The molecule has 1 fully saturated rings. The Balaban J connectivity index is 1.97. The van der Waals surface area contributed by atoms with Gasteiger partial charge in [-0.25, -0.2) is 0 Å². The summed E-state index contributed by atoms with van der Waals surface area (Å²) in [7, 11) is 5.92. The van der Waals surface area contributed by atoms with E-state index in [2.05, 4.69) is 41.3 Å². The predicted octanol–water partition coefficient (Wildman–Crippen LogP) is 4.05. The third-order valence-corrected chi connectivity index (χ3v) is 5.45. The minimum Gasteiger partial charge on any atom is -0.497 e. The van der Waals surface area contributed by atoms with Gasteiger partial charge in [-0.3, -0.25) is 0 Å². The summed E-state index contributed by atoms with van der Waals surface area (Å²) >= 11 is 5.81. The highest BCUT2D eigenvalue weighted by atomic mass is 32.1. The van der Waals surface area contributed by atoms with Gasteiger partial charge in [0.1, 0.15) is 5.75 Å². The van der Waals surface area contributed by atoms with Crippen molar-refractivity contribution in [3.8, 4) is 5.75 Å². The number of thiocarbonyl (C=S) groups is 1. The molecule has 0 aromatic heterocycles. The van der Waals surface area contributed by atoms with Crippen LogP contribution >= 0.6 is 12.2 Å². The zero-order chi connectivity index (χ0) is 18.8. The molecule has 146 valence electrons. The van der Waals surface area contributed by atoms with Crippen LogP contribution in [0.4, 0.5) is 0 Å². The second-order valence-electron chi connectivity index (χ2n) is 7.56. The van der Waals surface area contributed by atoms with E-state index < -0.39 is 0 Å². The van der Waals surface area contributed by atoms with Gasteiger partial charge in [-0.2, -0.15) is 0 Å². The summed E-state index contributed by atoms with van der Waals surface area (Å²) in [5.41, 5.74) is 1.26. The summed E-state index contributed by atoms with van der Waals surface area (Å²) in [5, 5.41) is 4.56. The molecule has 1 saturated carbocycles. The molecular weight excluding hydrogens is 342 g/mol. The van der Waals surface area contributed by atoms with E-state index in [-0.39, 0.29) is 0 Å². The number of rotatable bonds is 7. The van der Waals surface area contributed by atoms with Crippen molar-refractivity contribution in [1.82, 2.24) is 15.1 Å². The number of nitrogens with one attached hydrogen (secondary N) is 1. The normalized spacial score (nSPS) is 16.0. The lowest BCUT2D eigenvalue weighted by molar-refractivity contribution is 0.316. The fraction of sp³-hybridized carbons (Fsp3) is 0.667. The van der Waals surface area contributed by atoms with E-state index in [1.807, 2.05) is 12.1 Å². The Morgan fingerprint density at radius 2 is 1.65 bits per heavy atom. The van der Waals surface area contributed by atoms with E-state index in [9.17, 15) is 0 Å². The first-order valence-electron chi connectivity index (χ1n) is 9.91. The minimum atomic E-state index is 0.528. The molecule has 1 N–H and O–H groups in total. The second kappa shape index (κ2) is 11.4. The van der Waals surface area contributed by atoms with E-state index in [0.717, 1.165) is 30.5 Å². The van der Waals surface area contributed by atoms with Crippen LogP contribution in [-0.4, -0.2) is 55.2 Å². The maximum absolute atomic E-state index is 5.81. The van der Waals surface area contributed by atoms with Gasteiger partial charge >= 0.3 is 0 Å². The molecule has 1 aliphatic rings. The first-order valence-corrected chi connectivity index (χ1v) is 10.3. The van der Waals surface area contributed by atoms with Crippen LogP contribution in [0.1, 0.15) is 50.5 Å². The van der Waals surface area contributed by atoms with Crippen molar-refractivity contribution < 1.29 is 4.74 Å². The fourth-order valence-electron chi connectivity index (χ4n) is 3.39. The molecule has 1 aliphatic carbocycles. The van der Waals surface area contributed by atoms with Gasteiger partial charge in [-0.05, 0) is 56.9 Å². The molecule has 4 nitrogen and oxygen atoms in total. The lowest BCUT2D eigenvalue weighted by Crippen LogP contribution is -2.46. The van der Waals surface area contributed by atoms with Gasteiger partial charge in [-0.1, -0.05) is 44.2 Å². The van der Waals surface area contributed by atoms with Gasteiger partial charge in [0.2, 0.25) is 0 Å². The third-order valence-electron chi connectivity index (χ3n) is 5.07. The summed E-state index contributed by atoms with van der Waals surface area (Å²) in [4.78, 5) is 4.51. The molecule has 0 unspecified atom stereocenters. The van der Waals surface area contributed by atoms with Crippen LogP contribution in [0.5, 0.6) is 5.75 Å². The lowest BCUT2D eigenvalue weighted by Gasteiger charge is -2.31. The highest BCUT2D eigenvalue weighted by molar-refractivity contribution is 7.80. The molecule has 0 saturated heterocycles. The largest absolute Gasteiger partial charge is 0.497 e. The summed E-state index contributed by atoms with van der Waals surface area (Å²) < 4.78 is 5.26. The first kappa shape index (κ1) is 21.0. The van der Waals surface area contributed by atoms with Gasteiger partial charge in [-0.15, -0.1) is 0 Å². The average molecular weight is 378 g/mol. The molecule has 26 heavy (non-hydrogen) atoms. The molecular formula is C21H35N3OS. The molecule has 0 spiro atoms. The zero-order valence-electron chi connectivity index (χ0n) is 16.7. The number of benzene rings is 1. The van der Waals surface area contributed by atoms with E-state index in [4.69, 9.17) is 17.0 Å². The molecule has 0 radical (unpaired) electrons. The van der Waals surface area contributed by atoms with Gasteiger partial charge in [0, 0.05) is 25.7 Å². The van der Waals surface area contributed by atoms with E-state index in [1.165, 1.54) is 50.5 Å². The van der Waals surface area contributed by atoms with Crippen LogP contribution in [0.3, 0.4) is 0 Å². The molecule has 1 aromatic carbocycles. The predicted molar refractivity (Wildman–Crippen MR) is 114 cm³/mol. The minimum absolute atomic E-state index is 0.528. The topological polar surface area (TPSA) is 27.7 Å². The first-order chi connectivity index (χ1) is 12.6. The zero-order valence-corrected chi connectivity index (χ0v) is 17.5. The second-order valence-corrected chi connectivity index (χ2v) is 7.95. The molecule has 0 bridgehead atoms. The number of nitrogens with zero attached hydrogens (tertiary/aromatic N) is 2. The Labute approximate surface area is 164 Å². The summed E-state index contributed by atoms with van der Waals surface area (Å²) in [6.07, 6.45) is 9.23. The summed E-state index contributed by atoms with van der Waals surface area (Å²) in [5.74, 6) is 0.892. The highest BCUT2D eigenvalue weighted by Crippen LogP contribution is 2.18. The highest BCUT2D eigenvalue weighted by Gasteiger charge is 2.16. The Morgan fingerprint density at radius 1 is 1.04 bits per heavy atom. The van der Waals surface area contributed by atoms with Crippen LogP contribution in [0, 0.1) is 0 Å². The molecule has 5 heteroatoms. The monoisotopic (exact) mass is 377 g/mol. The number of hydrogen-bond acceptors (Lipinski definition) is 3. The number of hydrogen-bond donors (Lipinski definition) is 1. The van der Waals surface area contributed by atoms with Crippen molar-refractivity contribution in [3.63, 3.8) is 0 Å². The van der Waals surface area contributed by atoms with Crippen LogP contribution in [0.25, 0.3) is 0 Å². The molecule has 0 amide bonds. The summed E-state index contributed by atoms with van der Waals surface area (Å²) in [6, 6.07) is 8.82. The van der Waals surface area contributed by atoms with Crippen molar-refractivity contribution in [3.05, 3.63) is 29.8 Å². The molecule has 0 heterocycles. The third kappa shape index (κ3) is 7.50. The Kier molecular flexibility index (Phi) is 9.19.